The quantitative estimate of drug-likeness (QED) is 0.877. The lowest BCUT2D eigenvalue weighted by Gasteiger charge is -2.28. The molecular weight excluding hydrogens is 272 g/mol. The third-order valence-electron chi connectivity index (χ3n) is 3.67. The average molecular weight is 298 g/mol. The molecule has 114 valence electrons. The monoisotopic (exact) mass is 298 g/mol. The third kappa shape index (κ3) is 4.04. The summed E-state index contributed by atoms with van der Waals surface area (Å²) >= 11 is 0. The average Bonchev–Trinajstić information content (AvgIpc) is 2.36. The zero-order chi connectivity index (χ0) is 15.6. The number of hydrogen-bond donors (Lipinski definition) is 2. The normalized spacial score (nSPS) is 14.3. The maximum atomic E-state index is 12.6. The van der Waals surface area contributed by atoms with E-state index in [0.717, 1.165) is 11.1 Å². The number of rotatable bonds is 5. The zero-order valence-electron chi connectivity index (χ0n) is 13.0. The maximum Gasteiger partial charge on any atom is 0.241 e. The Labute approximate surface area is 122 Å². The molecule has 0 aliphatic carbocycles. The zero-order valence-corrected chi connectivity index (χ0v) is 13.8. The van der Waals surface area contributed by atoms with E-state index in [1.807, 2.05) is 46.8 Å². The molecule has 0 heterocycles. The Balaban J connectivity index is 3.21. The highest BCUT2D eigenvalue weighted by Crippen LogP contribution is 2.23. The van der Waals surface area contributed by atoms with Gasteiger partial charge in [-0.3, -0.25) is 0 Å². The molecule has 0 amide bonds. The van der Waals surface area contributed by atoms with Gasteiger partial charge in [-0.15, -0.1) is 0 Å². The molecule has 0 saturated carbocycles. The minimum Gasteiger partial charge on any atom is -0.326 e. The van der Waals surface area contributed by atoms with Crippen molar-refractivity contribution >= 4 is 10.0 Å². The van der Waals surface area contributed by atoms with Crippen LogP contribution in [0.3, 0.4) is 0 Å². The molecule has 0 aromatic heterocycles. The lowest BCUT2D eigenvalue weighted by atomic mass is 9.89. The molecule has 0 saturated heterocycles. The largest absolute Gasteiger partial charge is 0.326 e. The van der Waals surface area contributed by atoms with Gasteiger partial charge < -0.3 is 5.73 Å². The van der Waals surface area contributed by atoms with E-state index in [-0.39, 0.29) is 11.5 Å². The molecule has 5 heteroatoms. The molecule has 0 radical (unpaired) electrons. The predicted octanol–water partition coefficient (Wildman–Crippen LogP) is 2.42. The third-order valence-corrected chi connectivity index (χ3v) is 5.29. The van der Waals surface area contributed by atoms with Gasteiger partial charge in [-0.05, 0) is 36.0 Å². The van der Waals surface area contributed by atoms with Crippen LogP contribution in [0, 0.1) is 5.41 Å². The summed E-state index contributed by atoms with van der Waals surface area (Å²) in [5.41, 5.74) is 7.12. The van der Waals surface area contributed by atoms with E-state index in [9.17, 15) is 8.42 Å². The second-order valence-corrected chi connectivity index (χ2v) is 7.89. The first kappa shape index (κ1) is 17.1. The molecule has 1 atom stereocenters. The molecule has 0 fully saturated rings. The predicted molar refractivity (Wildman–Crippen MR) is 82.9 cm³/mol. The first-order valence-corrected chi connectivity index (χ1v) is 8.44. The van der Waals surface area contributed by atoms with Crippen molar-refractivity contribution in [2.75, 3.05) is 0 Å². The van der Waals surface area contributed by atoms with Crippen LogP contribution < -0.4 is 10.5 Å². The van der Waals surface area contributed by atoms with Crippen molar-refractivity contribution in [1.82, 2.24) is 4.72 Å². The molecule has 1 unspecified atom stereocenters. The summed E-state index contributed by atoms with van der Waals surface area (Å²) < 4.78 is 27.9. The van der Waals surface area contributed by atoms with Crippen LogP contribution in [0.5, 0.6) is 0 Å². The fourth-order valence-electron chi connectivity index (χ4n) is 1.74. The van der Waals surface area contributed by atoms with E-state index in [1.165, 1.54) is 0 Å². The second-order valence-electron chi connectivity index (χ2n) is 6.21. The fourth-order valence-corrected chi connectivity index (χ4v) is 3.55. The summed E-state index contributed by atoms with van der Waals surface area (Å²) in [7, 11) is -3.52. The molecule has 0 aliphatic heterocycles. The lowest BCUT2D eigenvalue weighted by molar-refractivity contribution is 0.317. The van der Waals surface area contributed by atoms with Gasteiger partial charge in [0.25, 0.3) is 0 Å². The first-order valence-electron chi connectivity index (χ1n) is 6.96. The van der Waals surface area contributed by atoms with Crippen LogP contribution in [0.25, 0.3) is 0 Å². The Hall–Kier alpha value is -0.910. The van der Waals surface area contributed by atoms with E-state index in [0.29, 0.717) is 17.9 Å². The van der Waals surface area contributed by atoms with Crippen LogP contribution in [0.2, 0.25) is 0 Å². The van der Waals surface area contributed by atoms with E-state index >= 15 is 0 Å². The van der Waals surface area contributed by atoms with Crippen molar-refractivity contribution < 1.29 is 8.42 Å². The first-order chi connectivity index (χ1) is 9.11. The number of sulfonamides is 1. The van der Waals surface area contributed by atoms with Crippen LogP contribution >= 0.6 is 0 Å². The fraction of sp³-hybridized carbons (Fsp3) is 0.600. The van der Waals surface area contributed by atoms with Gasteiger partial charge in [-0.25, -0.2) is 13.1 Å². The van der Waals surface area contributed by atoms with Gasteiger partial charge in [-0.1, -0.05) is 39.8 Å². The highest BCUT2D eigenvalue weighted by molar-refractivity contribution is 7.89. The van der Waals surface area contributed by atoms with Crippen LogP contribution in [-0.4, -0.2) is 14.5 Å². The van der Waals surface area contributed by atoms with Crippen molar-refractivity contribution in [2.24, 2.45) is 11.1 Å². The standard InChI is InChI=1S/C15H26N2O2S/c1-6-13-8-7-12(10-16)9-14(13)20(18,19)17-11(2)15(3,4)5/h7-9,11,17H,6,10,16H2,1-5H3. The van der Waals surface area contributed by atoms with Crippen LogP contribution in [-0.2, 0) is 23.0 Å². The summed E-state index contributed by atoms with van der Waals surface area (Å²) in [6.07, 6.45) is 0.672. The molecule has 0 aliphatic rings. The SMILES string of the molecule is CCc1ccc(CN)cc1S(=O)(=O)NC(C)C(C)(C)C. The van der Waals surface area contributed by atoms with Crippen molar-refractivity contribution in [2.45, 2.75) is 58.5 Å². The van der Waals surface area contributed by atoms with E-state index in [2.05, 4.69) is 4.72 Å². The number of nitrogens with two attached hydrogens (primary N) is 1. The van der Waals surface area contributed by atoms with Crippen LogP contribution in [0.15, 0.2) is 23.1 Å². The summed E-state index contributed by atoms with van der Waals surface area (Å²) in [6.45, 7) is 10.2. The van der Waals surface area contributed by atoms with Gasteiger partial charge in [0.2, 0.25) is 10.0 Å². The number of aryl methyl sites for hydroxylation is 1. The van der Waals surface area contributed by atoms with Gasteiger partial charge >= 0.3 is 0 Å². The van der Waals surface area contributed by atoms with Crippen molar-refractivity contribution in [1.29, 1.82) is 0 Å². The molecular formula is C15H26N2O2S. The number of hydrogen-bond acceptors (Lipinski definition) is 3. The van der Waals surface area contributed by atoms with E-state index in [1.54, 1.807) is 6.07 Å². The van der Waals surface area contributed by atoms with Crippen molar-refractivity contribution in [3.05, 3.63) is 29.3 Å². The summed E-state index contributed by atoms with van der Waals surface area (Å²) in [5, 5.41) is 0. The van der Waals surface area contributed by atoms with E-state index in [4.69, 9.17) is 5.73 Å². The van der Waals surface area contributed by atoms with Gasteiger partial charge in [0, 0.05) is 12.6 Å². The second kappa shape index (κ2) is 6.24. The van der Waals surface area contributed by atoms with Gasteiger partial charge in [0.1, 0.15) is 0 Å². The van der Waals surface area contributed by atoms with Gasteiger partial charge in [0.05, 0.1) is 4.90 Å². The number of benzene rings is 1. The summed E-state index contributed by atoms with van der Waals surface area (Å²) in [5.74, 6) is 0. The Morgan fingerprint density at radius 1 is 1.30 bits per heavy atom. The van der Waals surface area contributed by atoms with Crippen molar-refractivity contribution in [3.63, 3.8) is 0 Å². The highest BCUT2D eigenvalue weighted by atomic mass is 32.2. The molecule has 1 rings (SSSR count). The topological polar surface area (TPSA) is 72.2 Å². The molecule has 4 nitrogen and oxygen atoms in total. The molecule has 3 N–H and O–H groups in total. The Kier molecular flexibility index (Phi) is 5.35. The summed E-state index contributed by atoms with van der Waals surface area (Å²) in [4.78, 5) is 0.346. The minimum absolute atomic E-state index is 0.134. The molecule has 20 heavy (non-hydrogen) atoms. The Bertz CT molecular complexity index is 560. The van der Waals surface area contributed by atoms with Crippen LogP contribution in [0.1, 0.15) is 45.7 Å². The molecule has 1 aromatic carbocycles. The lowest BCUT2D eigenvalue weighted by Crippen LogP contribution is -2.41. The van der Waals surface area contributed by atoms with E-state index < -0.39 is 10.0 Å². The molecule has 0 bridgehead atoms. The van der Waals surface area contributed by atoms with Gasteiger partial charge in [0.15, 0.2) is 0 Å². The maximum absolute atomic E-state index is 12.6. The minimum atomic E-state index is -3.52. The highest BCUT2D eigenvalue weighted by Gasteiger charge is 2.27. The Morgan fingerprint density at radius 3 is 2.35 bits per heavy atom. The molecule has 0 spiro atoms. The number of nitrogens with one attached hydrogen (secondary N) is 1. The smallest absolute Gasteiger partial charge is 0.241 e. The van der Waals surface area contributed by atoms with Crippen molar-refractivity contribution in [3.8, 4) is 0 Å². The Morgan fingerprint density at radius 2 is 1.90 bits per heavy atom. The van der Waals surface area contributed by atoms with Crippen LogP contribution in [0.4, 0.5) is 0 Å². The molecule has 1 aromatic rings. The van der Waals surface area contributed by atoms with Gasteiger partial charge in [-0.2, -0.15) is 0 Å². The summed E-state index contributed by atoms with van der Waals surface area (Å²) in [6, 6.07) is 5.25.